The summed E-state index contributed by atoms with van der Waals surface area (Å²) in [4.78, 5) is 0.809. The Balaban J connectivity index is 2.19. The fourth-order valence-corrected chi connectivity index (χ4v) is 3.11. The van der Waals surface area contributed by atoms with Crippen molar-refractivity contribution in [2.24, 2.45) is 0 Å². The standard InChI is InChI=1S/C13H12BrFO2S/c1-17-11-4-2-3-8(13(11)15)5-10(16)12-6-9(14)7-18-12/h2-4,6-7,10,16H,5H2,1H3. The van der Waals surface area contributed by atoms with Crippen LogP contribution in [0.25, 0.3) is 0 Å². The van der Waals surface area contributed by atoms with Crippen molar-refractivity contribution in [2.75, 3.05) is 7.11 Å². The Hall–Kier alpha value is -0.910. The highest BCUT2D eigenvalue weighted by atomic mass is 79.9. The van der Waals surface area contributed by atoms with Gasteiger partial charge in [0.2, 0.25) is 0 Å². The van der Waals surface area contributed by atoms with Gasteiger partial charge in [0.15, 0.2) is 11.6 Å². The van der Waals surface area contributed by atoms with Crippen LogP contribution in [0.3, 0.4) is 0 Å². The monoisotopic (exact) mass is 330 g/mol. The summed E-state index contributed by atoms with van der Waals surface area (Å²) in [7, 11) is 1.43. The first-order valence-corrected chi connectivity index (χ1v) is 7.02. The second kappa shape index (κ2) is 5.82. The molecule has 0 saturated heterocycles. The molecule has 0 aliphatic rings. The molecule has 0 aliphatic heterocycles. The molecule has 1 unspecified atom stereocenters. The summed E-state index contributed by atoms with van der Waals surface area (Å²) in [6, 6.07) is 6.78. The van der Waals surface area contributed by atoms with Crippen molar-refractivity contribution in [1.82, 2.24) is 0 Å². The number of rotatable bonds is 4. The van der Waals surface area contributed by atoms with Gasteiger partial charge < -0.3 is 9.84 Å². The number of hydrogen-bond acceptors (Lipinski definition) is 3. The number of halogens is 2. The first-order valence-electron chi connectivity index (χ1n) is 5.35. The van der Waals surface area contributed by atoms with Crippen molar-refractivity contribution >= 4 is 27.3 Å². The molecule has 18 heavy (non-hydrogen) atoms. The van der Waals surface area contributed by atoms with E-state index in [0.29, 0.717) is 5.56 Å². The van der Waals surface area contributed by atoms with Crippen LogP contribution in [0.4, 0.5) is 4.39 Å². The minimum absolute atomic E-state index is 0.201. The highest BCUT2D eigenvalue weighted by Crippen LogP contribution is 2.29. The number of thiophene rings is 1. The summed E-state index contributed by atoms with van der Waals surface area (Å²) in [5.41, 5.74) is 0.450. The van der Waals surface area contributed by atoms with Crippen LogP contribution in [0.5, 0.6) is 5.75 Å². The van der Waals surface area contributed by atoms with Crippen molar-refractivity contribution in [3.63, 3.8) is 0 Å². The lowest BCUT2D eigenvalue weighted by Crippen LogP contribution is -2.03. The molecule has 0 bridgehead atoms. The molecule has 1 heterocycles. The lowest BCUT2D eigenvalue weighted by Gasteiger charge is -2.11. The predicted molar refractivity (Wildman–Crippen MR) is 73.6 cm³/mol. The third kappa shape index (κ3) is 2.91. The molecule has 1 atom stereocenters. The maximum atomic E-state index is 13.9. The van der Waals surface area contributed by atoms with E-state index >= 15 is 0 Å². The Morgan fingerprint density at radius 1 is 1.50 bits per heavy atom. The van der Waals surface area contributed by atoms with Crippen molar-refractivity contribution in [3.05, 3.63) is 50.4 Å². The molecule has 0 fully saturated rings. The number of ether oxygens (including phenoxy) is 1. The highest BCUT2D eigenvalue weighted by molar-refractivity contribution is 9.10. The molecule has 2 aromatic rings. The van der Waals surface area contributed by atoms with Crippen LogP contribution in [-0.4, -0.2) is 12.2 Å². The van der Waals surface area contributed by atoms with Crippen molar-refractivity contribution in [3.8, 4) is 5.75 Å². The summed E-state index contributed by atoms with van der Waals surface area (Å²) in [6.45, 7) is 0. The van der Waals surface area contributed by atoms with Gasteiger partial charge >= 0.3 is 0 Å². The van der Waals surface area contributed by atoms with Gasteiger partial charge in [0.25, 0.3) is 0 Å². The molecular formula is C13H12BrFO2S. The van der Waals surface area contributed by atoms with E-state index in [9.17, 15) is 9.50 Å². The van der Waals surface area contributed by atoms with Gasteiger partial charge in [-0.3, -0.25) is 0 Å². The van der Waals surface area contributed by atoms with Crippen LogP contribution in [0.15, 0.2) is 34.1 Å². The minimum atomic E-state index is -0.706. The van der Waals surface area contributed by atoms with Gasteiger partial charge in [-0.15, -0.1) is 11.3 Å². The zero-order valence-electron chi connectivity index (χ0n) is 9.69. The molecule has 0 radical (unpaired) electrons. The molecule has 0 spiro atoms. The quantitative estimate of drug-likeness (QED) is 0.920. The van der Waals surface area contributed by atoms with Gasteiger partial charge in [-0.25, -0.2) is 4.39 Å². The van der Waals surface area contributed by atoms with Crippen molar-refractivity contribution in [1.29, 1.82) is 0 Å². The molecule has 0 amide bonds. The lowest BCUT2D eigenvalue weighted by molar-refractivity contribution is 0.180. The normalized spacial score (nSPS) is 12.4. The average Bonchev–Trinajstić information content (AvgIpc) is 2.78. The smallest absolute Gasteiger partial charge is 0.168 e. The Morgan fingerprint density at radius 3 is 2.89 bits per heavy atom. The molecule has 0 aliphatic carbocycles. The fraction of sp³-hybridized carbons (Fsp3) is 0.231. The lowest BCUT2D eigenvalue weighted by atomic mass is 10.1. The fourth-order valence-electron chi connectivity index (χ4n) is 1.68. The van der Waals surface area contributed by atoms with Crippen molar-refractivity contribution < 1.29 is 14.2 Å². The largest absolute Gasteiger partial charge is 0.494 e. The van der Waals surface area contributed by atoms with E-state index in [1.165, 1.54) is 18.4 Å². The van der Waals surface area contributed by atoms with Crippen LogP contribution in [0.2, 0.25) is 0 Å². The number of benzene rings is 1. The zero-order valence-corrected chi connectivity index (χ0v) is 12.1. The van der Waals surface area contributed by atoms with E-state index in [1.54, 1.807) is 18.2 Å². The summed E-state index contributed by atoms with van der Waals surface area (Å²) in [5, 5.41) is 11.9. The third-order valence-electron chi connectivity index (χ3n) is 2.59. The van der Waals surface area contributed by atoms with Gasteiger partial charge in [-0.2, -0.15) is 0 Å². The molecule has 1 aromatic carbocycles. The molecule has 96 valence electrons. The van der Waals surface area contributed by atoms with Gasteiger partial charge in [-0.1, -0.05) is 12.1 Å². The second-order valence-electron chi connectivity index (χ2n) is 3.82. The van der Waals surface area contributed by atoms with E-state index in [2.05, 4.69) is 15.9 Å². The first-order chi connectivity index (χ1) is 8.61. The van der Waals surface area contributed by atoms with Crippen molar-refractivity contribution in [2.45, 2.75) is 12.5 Å². The Labute approximate surface area is 117 Å². The Morgan fingerprint density at radius 2 is 2.28 bits per heavy atom. The van der Waals surface area contributed by atoms with E-state index in [0.717, 1.165) is 9.35 Å². The van der Waals surface area contributed by atoms with Gasteiger partial charge in [0, 0.05) is 21.2 Å². The number of aliphatic hydroxyl groups excluding tert-OH is 1. The molecule has 1 aromatic heterocycles. The van der Waals surface area contributed by atoms with Crippen LogP contribution in [0, 0.1) is 5.82 Å². The molecule has 0 saturated carbocycles. The summed E-state index contributed by atoms with van der Waals surface area (Å²) < 4.78 is 19.8. The van der Waals surface area contributed by atoms with E-state index in [-0.39, 0.29) is 12.2 Å². The van der Waals surface area contributed by atoms with Crippen LogP contribution >= 0.6 is 27.3 Å². The molecule has 2 nitrogen and oxygen atoms in total. The molecule has 1 N–H and O–H groups in total. The Bertz CT molecular complexity index is 542. The first kappa shape index (κ1) is 13.5. The van der Waals surface area contributed by atoms with E-state index in [4.69, 9.17) is 4.74 Å². The summed E-state index contributed by atoms with van der Waals surface area (Å²) >= 11 is 4.77. The molecular weight excluding hydrogens is 319 g/mol. The van der Waals surface area contributed by atoms with Crippen LogP contribution in [-0.2, 0) is 6.42 Å². The average molecular weight is 331 g/mol. The van der Waals surface area contributed by atoms with E-state index < -0.39 is 11.9 Å². The van der Waals surface area contributed by atoms with E-state index in [1.807, 2.05) is 11.4 Å². The third-order valence-corrected chi connectivity index (χ3v) is 4.39. The van der Waals surface area contributed by atoms with Crippen LogP contribution in [0.1, 0.15) is 16.5 Å². The summed E-state index contributed by atoms with van der Waals surface area (Å²) in [6.07, 6.45) is -0.474. The number of methoxy groups -OCH3 is 1. The molecule has 2 rings (SSSR count). The minimum Gasteiger partial charge on any atom is -0.494 e. The number of aliphatic hydroxyl groups is 1. The summed E-state index contributed by atoms with van der Waals surface area (Å²) in [5.74, 6) is -0.207. The Kier molecular flexibility index (Phi) is 4.37. The SMILES string of the molecule is COc1cccc(CC(O)c2cc(Br)cs2)c1F. The topological polar surface area (TPSA) is 29.5 Å². The maximum absolute atomic E-state index is 13.9. The van der Waals surface area contributed by atoms with Gasteiger partial charge in [-0.05, 0) is 33.6 Å². The number of hydrogen-bond donors (Lipinski definition) is 1. The predicted octanol–water partition coefficient (Wildman–Crippen LogP) is 3.93. The molecule has 5 heteroatoms. The van der Waals surface area contributed by atoms with Gasteiger partial charge in [0.1, 0.15) is 0 Å². The van der Waals surface area contributed by atoms with Crippen LogP contribution < -0.4 is 4.74 Å². The highest BCUT2D eigenvalue weighted by Gasteiger charge is 2.15. The van der Waals surface area contributed by atoms with Gasteiger partial charge in [0.05, 0.1) is 13.2 Å². The zero-order chi connectivity index (χ0) is 13.1. The second-order valence-corrected chi connectivity index (χ2v) is 5.68. The maximum Gasteiger partial charge on any atom is 0.168 e.